The number of aryl methyl sites for hydroxylation is 1. The molecule has 33 heavy (non-hydrogen) atoms. The molecule has 0 saturated carbocycles. The monoisotopic (exact) mass is 473 g/mol. The van der Waals surface area contributed by atoms with Crippen LogP contribution in [0.4, 0.5) is 5.69 Å². The second-order valence-corrected chi connectivity index (χ2v) is 9.42. The minimum atomic E-state index is -0.0352. The Bertz CT molecular complexity index is 1240. The van der Waals surface area contributed by atoms with Crippen molar-refractivity contribution in [1.29, 1.82) is 0 Å². The Morgan fingerprint density at radius 3 is 2.21 bits per heavy atom. The predicted octanol–water partition coefficient (Wildman–Crippen LogP) is 6.43. The Morgan fingerprint density at radius 2 is 1.61 bits per heavy atom. The van der Waals surface area contributed by atoms with Crippen molar-refractivity contribution in [1.82, 2.24) is 10.3 Å². The van der Waals surface area contributed by atoms with Gasteiger partial charge in [0.25, 0.3) is 0 Å². The molecule has 2 aromatic heterocycles. The summed E-state index contributed by atoms with van der Waals surface area (Å²) in [4.78, 5) is 9.30. The number of nitrogens with one attached hydrogen (secondary N) is 1. The molecule has 1 N–H and O–H groups in total. The van der Waals surface area contributed by atoms with E-state index in [1.54, 1.807) is 18.4 Å². The predicted molar refractivity (Wildman–Crippen MR) is 136 cm³/mol. The van der Waals surface area contributed by atoms with Gasteiger partial charge in [-0.15, -0.1) is 11.3 Å². The Morgan fingerprint density at radius 1 is 0.909 bits per heavy atom. The van der Waals surface area contributed by atoms with Gasteiger partial charge in [-0.05, 0) is 91.9 Å². The zero-order chi connectivity index (χ0) is 22.8. The van der Waals surface area contributed by atoms with E-state index >= 15 is 0 Å². The quantitative estimate of drug-likeness (QED) is 0.326. The first-order chi connectivity index (χ1) is 16.1. The lowest BCUT2D eigenvalue weighted by Gasteiger charge is -2.27. The van der Waals surface area contributed by atoms with Crippen molar-refractivity contribution in [2.45, 2.75) is 19.0 Å². The van der Waals surface area contributed by atoms with E-state index in [-0.39, 0.29) is 12.1 Å². The second-order valence-electron chi connectivity index (χ2n) is 7.72. The maximum atomic E-state index is 6.00. The lowest BCUT2D eigenvalue weighted by Crippen LogP contribution is -2.28. The number of hydrogen-bond donors (Lipinski definition) is 1. The van der Waals surface area contributed by atoms with E-state index in [1.807, 2.05) is 72.9 Å². The van der Waals surface area contributed by atoms with Gasteiger partial charge in [0, 0.05) is 21.6 Å². The summed E-state index contributed by atoms with van der Waals surface area (Å²) in [5.74, 6) is 2.31. The molecule has 1 saturated heterocycles. The first-order valence-corrected chi connectivity index (χ1v) is 11.8. The summed E-state index contributed by atoms with van der Waals surface area (Å²) in [6.45, 7) is 2.13. The molecule has 0 amide bonds. The first kappa shape index (κ1) is 21.4. The normalized spacial score (nSPS) is 17.6. The zero-order valence-corrected chi connectivity index (χ0v) is 19.9. The summed E-state index contributed by atoms with van der Waals surface area (Å²) in [5.41, 5.74) is 1.97. The fraction of sp³-hybridized carbons (Fsp3) is 0.154. The van der Waals surface area contributed by atoms with Crippen molar-refractivity contribution in [2.24, 2.45) is 0 Å². The van der Waals surface area contributed by atoms with Crippen LogP contribution in [0.3, 0.4) is 0 Å². The van der Waals surface area contributed by atoms with Crippen LogP contribution >= 0.6 is 23.6 Å². The maximum absolute atomic E-state index is 6.00. The minimum Gasteiger partial charge on any atom is -0.497 e. The van der Waals surface area contributed by atoms with E-state index in [2.05, 4.69) is 34.3 Å². The smallest absolute Gasteiger partial charge is 0.174 e. The summed E-state index contributed by atoms with van der Waals surface area (Å²) in [5, 5.41) is 4.19. The third kappa shape index (κ3) is 4.42. The third-order valence-electron chi connectivity index (χ3n) is 5.56. The highest BCUT2D eigenvalue weighted by atomic mass is 32.1. The standard InChI is InChI=1S/C26H23N3O2S2/c1-17-6-15-23(33-17)25-24(22-5-3-4-16-27-22)28-26(32)29(25)18-7-9-20(10-8-18)31-21-13-11-19(30-2)12-14-21/h3-16,24-25H,1-2H3,(H,28,32)/t24-,25-/m0/s1. The molecule has 4 aromatic rings. The molecule has 0 spiro atoms. The van der Waals surface area contributed by atoms with Gasteiger partial charge in [-0.3, -0.25) is 4.98 Å². The number of pyridine rings is 1. The number of ether oxygens (including phenoxy) is 2. The van der Waals surface area contributed by atoms with Crippen LogP contribution < -0.4 is 19.7 Å². The van der Waals surface area contributed by atoms with E-state index in [4.69, 9.17) is 21.7 Å². The summed E-state index contributed by atoms with van der Waals surface area (Å²) in [6.07, 6.45) is 1.82. The molecular formula is C26H23N3O2S2. The average Bonchev–Trinajstić information content (AvgIpc) is 3.43. The van der Waals surface area contributed by atoms with Crippen LogP contribution in [0.1, 0.15) is 27.5 Å². The van der Waals surface area contributed by atoms with Crippen LogP contribution in [-0.2, 0) is 0 Å². The van der Waals surface area contributed by atoms with Gasteiger partial charge in [0.05, 0.1) is 24.9 Å². The molecule has 0 radical (unpaired) electrons. The van der Waals surface area contributed by atoms with Crippen molar-refractivity contribution in [3.8, 4) is 17.2 Å². The van der Waals surface area contributed by atoms with Crippen LogP contribution in [0.2, 0.25) is 0 Å². The van der Waals surface area contributed by atoms with Gasteiger partial charge >= 0.3 is 0 Å². The number of methoxy groups -OCH3 is 1. The molecule has 1 fully saturated rings. The van der Waals surface area contributed by atoms with E-state index in [0.29, 0.717) is 5.11 Å². The SMILES string of the molecule is COc1ccc(Oc2ccc(N3C(=S)N[C@@H](c4ccccn4)[C@@H]3c3ccc(C)s3)cc2)cc1. The Hall–Kier alpha value is -3.42. The van der Waals surface area contributed by atoms with Gasteiger partial charge in [-0.2, -0.15) is 0 Å². The maximum Gasteiger partial charge on any atom is 0.174 e. The van der Waals surface area contributed by atoms with E-state index in [1.165, 1.54) is 9.75 Å². The highest BCUT2D eigenvalue weighted by Crippen LogP contribution is 2.44. The van der Waals surface area contributed by atoms with Crippen LogP contribution in [0.15, 0.2) is 85.1 Å². The molecule has 7 heteroatoms. The molecule has 0 bridgehead atoms. The molecule has 0 unspecified atom stereocenters. The number of rotatable bonds is 6. The van der Waals surface area contributed by atoms with Crippen LogP contribution in [0.5, 0.6) is 17.2 Å². The van der Waals surface area contributed by atoms with Gasteiger partial charge < -0.3 is 19.7 Å². The summed E-state index contributed by atoms with van der Waals surface area (Å²) in [6, 6.07) is 25.9. The van der Waals surface area contributed by atoms with E-state index in [9.17, 15) is 0 Å². The van der Waals surface area contributed by atoms with Crippen molar-refractivity contribution in [2.75, 3.05) is 12.0 Å². The Labute approximate surface area is 202 Å². The fourth-order valence-corrected chi connectivity index (χ4v) is 5.34. The number of thiocarbonyl (C=S) groups is 1. The van der Waals surface area contributed by atoms with Crippen molar-refractivity contribution in [3.05, 3.63) is 101 Å². The van der Waals surface area contributed by atoms with Gasteiger partial charge in [-0.25, -0.2) is 0 Å². The number of hydrogen-bond acceptors (Lipinski definition) is 5. The molecular weight excluding hydrogens is 450 g/mol. The largest absolute Gasteiger partial charge is 0.497 e. The molecule has 5 rings (SSSR count). The van der Waals surface area contributed by atoms with Crippen molar-refractivity contribution >= 4 is 34.4 Å². The summed E-state index contributed by atoms with van der Waals surface area (Å²) in [7, 11) is 1.65. The van der Waals surface area contributed by atoms with Gasteiger partial charge in [-0.1, -0.05) is 6.07 Å². The van der Waals surface area contributed by atoms with Crippen molar-refractivity contribution in [3.63, 3.8) is 0 Å². The van der Waals surface area contributed by atoms with Crippen LogP contribution in [-0.4, -0.2) is 17.2 Å². The molecule has 3 heterocycles. The van der Waals surface area contributed by atoms with Gasteiger partial charge in [0.2, 0.25) is 0 Å². The van der Waals surface area contributed by atoms with Crippen LogP contribution in [0, 0.1) is 6.92 Å². The van der Waals surface area contributed by atoms with E-state index in [0.717, 1.165) is 28.6 Å². The lowest BCUT2D eigenvalue weighted by atomic mass is 10.0. The molecule has 0 aliphatic carbocycles. The molecule has 2 aromatic carbocycles. The molecule has 2 atom stereocenters. The van der Waals surface area contributed by atoms with Crippen molar-refractivity contribution < 1.29 is 9.47 Å². The van der Waals surface area contributed by atoms with Crippen LogP contribution in [0.25, 0.3) is 0 Å². The third-order valence-corrected chi connectivity index (χ3v) is 6.95. The molecule has 5 nitrogen and oxygen atoms in total. The fourth-order valence-electron chi connectivity index (χ4n) is 3.99. The number of benzene rings is 2. The minimum absolute atomic E-state index is 0.0134. The first-order valence-electron chi connectivity index (χ1n) is 10.6. The summed E-state index contributed by atoms with van der Waals surface area (Å²) < 4.78 is 11.2. The zero-order valence-electron chi connectivity index (χ0n) is 18.3. The summed E-state index contributed by atoms with van der Waals surface area (Å²) >= 11 is 7.58. The number of nitrogens with zero attached hydrogens (tertiary/aromatic N) is 2. The topological polar surface area (TPSA) is 46.6 Å². The Balaban J connectivity index is 1.44. The highest BCUT2D eigenvalue weighted by Gasteiger charge is 2.41. The lowest BCUT2D eigenvalue weighted by molar-refractivity contribution is 0.413. The number of thiophene rings is 1. The number of aromatic nitrogens is 1. The van der Waals surface area contributed by atoms with E-state index < -0.39 is 0 Å². The van der Waals surface area contributed by atoms with Gasteiger partial charge in [0.1, 0.15) is 17.2 Å². The van der Waals surface area contributed by atoms with Gasteiger partial charge in [0.15, 0.2) is 5.11 Å². The molecule has 166 valence electrons. The molecule has 1 aliphatic rings. The average molecular weight is 474 g/mol. The highest BCUT2D eigenvalue weighted by molar-refractivity contribution is 7.80. The molecule has 1 aliphatic heterocycles. The number of anilines is 1. The Kier molecular flexibility index (Phi) is 5.98. The second kappa shape index (κ2) is 9.21.